The average Bonchev–Trinajstić information content (AvgIpc) is 3.28. The number of aromatic nitrogens is 2. The molecule has 1 amide bonds. The number of imidazole rings is 1. The Bertz CT molecular complexity index is 1270. The van der Waals surface area contributed by atoms with Gasteiger partial charge in [0.2, 0.25) is 5.91 Å². The number of hydrogen-bond donors (Lipinski definition) is 1. The van der Waals surface area contributed by atoms with E-state index in [-0.39, 0.29) is 11.3 Å². The predicted octanol–water partition coefficient (Wildman–Crippen LogP) is 3.65. The highest BCUT2D eigenvalue weighted by Crippen LogP contribution is 2.27. The first-order valence-corrected chi connectivity index (χ1v) is 11.2. The van der Waals surface area contributed by atoms with Crippen LogP contribution in [0.5, 0.6) is 0 Å². The standard InChI is InChI=1S/C24H21N3O3S/c28-24(16-19-6-2-1-3-7-19)26-31(29,30)23-9-5-4-8-22(23)21-12-10-20(11-13-21)17-27-15-14-25-18-27/h1-15,18H,16-17H2,(H,26,28). The molecule has 6 nitrogen and oxygen atoms in total. The van der Waals surface area contributed by atoms with Gasteiger partial charge in [-0.2, -0.15) is 0 Å². The van der Waals surface area contributed by atoms with Crippen LogP contribution in [0.4, 0.5) is 0 Å². The van der Waals surface area contributed by atoms with Crippen molar-refractivity contribution in [2.75, 3.05) is 0 Å². The van der Waals surface area contributed by atoms with Gasteiger partial charge in [-0.15, -0.1) is 0 Å². The van der Waals surface area contributed by atoms with Gasteiger partial charge >= 0.3 is 0 Å². The van der Waals surface area contributed by atoms with Crippen molar-refractivity contribution in [2.45, 2.75) is 17.9 Å². The van der Waals surface area contributed by atoms with Crippen LogP contribution in [0.15, 0.2) is 102 Å². The quantitative estimate of drug-likeness (QED) is 0.484. The first kappa shape index (κ1) is 20.6. The summed E-state index contributed by atoms with van der Waals surface area (Å²) in [6.45, 7) is 0.676. The molecule has 0 aliphatic carbocycles. The molecule has 4 rings (SSSR count). The van der Waals surface area contributed by atoms with Gasteiger partial charge in [0, 0.05) is 24.5 Å². The second-order valence-corrected chi connectivity index (χ2v) is 8.77. The largest absolute Gasteiger partial charge is 0.333 e. The molecule has 0 aliphatic heterocycles. The normalized spacial score (nSPS) is 11.2. The molecule has 0 unspecified atom stereocenters. The molecule has 4 aromatic rings. The van der Waals surface area contributed by atoms with Crippen molar-refractivity contribution in [3.8, 4) is 11.1 Å². The molecule has 0 saturated heterocycles. The zero-order valence-electron chi connectivity index (χ0n) is 16.7. The number of nitrogens with zero attached hydrogens (tertiary/aromatic N) is 2. The fourth-order valence-corrected chi connectivity index (χ4v) is 4.56. The molecule has 0 saturated carbocycles. The van der Waals surface area contributed by atoms with Crippen molar-refractivity contribution in [3.63, 3.8) is 0 Å². The number of hydrogen-bond acceptors (Lipinski definition) is 4. The number of rotatable bonds is 7. The van der Waals surface area contributed by atoms with Crippen molar-refractivity contribution in [3.05, 3.63) is 109 Å². The Balaban J connectivity index is 1.55. The summed E-state index contributed by atoms with van der Waals surface area (Å²) in [5.41, 5.74) is 3.11. The fraction of sp³-hybridized carbons (Fsp3) is 0.0833. The highest BCUT2D eigenvalue weighted by molar-refractivity contribution is 7.90. The van der Waals surface area contributed by atoms with Gasteiger partial charge in [0.25, 0.3) is 10.0 Å². The highest BCUT2D eigenvalue weighted by Gasteiger charge is 2.21. The van der Waals surface area contributed by atoms with Gasteiger partial charge < -0.3 is 4.57 Å². The van der Waals surface area contributed by atoms with E-state index in [1.165, 1.54) is 6.07 Å². The maximum Gasteiger partial charge on any atom is 0.264 e. The minimum atomic E-state index is -4.02. The number of benzene rings is 3. The summed E-state index contributed by atoms with van der Waals surface area (Å²) in [5, 5.41) is 0. The lowest BCUT2D eigenvalue weighted by molar-refractivity contribution is -0.118. The number of sulfonamides is 1. The highest BCUT2D eigenvalue weighted by atomic mass is 32.2. The van der Waals surface area contributed by atoms with Gasteiger partial charge in [0.1, 0.15) is 0 Å². The minimum absolute atomic E-state index is 0.00875. The third kappa shape index (κ3) is 5.07. The van der Waals surface area contributed by atoms with E-state index in [9.17, 15) is 13.2 Å². The Labute approximate surface area is 181 Å². The van der Waals surface area contributed by atoms with Crippen molar-refractivity contribution in [2.24, 2.45) is 0 Å². The molecule has 1 aromatic heterocycles. The lowest BCUT2D eigenvalue weighted by atomic mass is 10.0. The lowest BCUT2D eigenvalue weighted by Crippen LogP contribution is -2.32. The van der Waals surface area contributed by atoms with Gasteiger partial charge in [0.15, 0.2) is 0 Å². The number of carbonyl (C=O) groups excluding carboxylic acids is 1. The summed E-state index contributed by atoms with van der Waals surface area (Å²) < 4.78 is 30.1. The molecule has 0 bridgehead atoms. The second kappa shape index (κ2) is 8.97. The van der Waals surface area contributed by atoms with E-state index in [1.54, 1.807) is 42.9 Å². The van der Waals surface area contributed by atoms with Crippen LogP contribution in [-0.4, -0.2) is 23.9 Å². The van der Waals surface area contributed by atoms with E-state index in [1.807, 2.05) is 53.2 Å². The van der Waals surface area contributed by atoms with Gasteiger partial charge in [-0.25, -0.2) is 18.1 Å². The Morgan fingerprint density at radius 2 is 1.58 bits per heavy atom. The van der Waals surface area contributed by atoms with Crippen LogP contribution in [0.2, 0.25) is 0 Å². The fourth-order valence-electron chi connectivity index (χ4n) is 3.34. The van der Waals surface area contributed by atoms with Crippen molar-refractivity contribution in [1.29, 1.82) is 0 Å². The smallest absolute Gasteiger partial charge is 0.264 e. The van der Waals surface area contributed by atoms with Crippen molar-refractivity contribution >= 4 is 15.9 Å². The number of amides is 1. The van der Waals surface area contributed by atoms with Crippen LogP contribution in [0.25, 0.3) is 11.1 Å². The molecule has 1 heterocycles. The van der Waals surface area contributed by atoms with Crippen LogP contribution < -0.4 is 4.72 Å². The van der Waals surface area contributed by atoms with Crippen molar-refractivity contribution < 1.29 is 13.2 Å². The second-order valence-electron chi connectivity index (χ2n) is 7.12. The SMILES string of the molecule is O=C(Cc1ccccc1)NS(=O)(=O)c1ccccc1-c1ccc(Cn2ccnc2)cc1. The summed E-state index contributed by atoms with van der Waals surface area (Å²) in [4.78, 5) is 16.4. The predicted molar refractivity (Wildman–Crippen MR) is 119 cm³/mol. The third-order valence-electron chi connectivity index (χ3n) is 4.82. The van der Waals surface area contributed by atoms with Gasteiger partial charge in [-0.1, -0.05) is 72.8 Å². The molecule has 31 heavy (non-hydrogen) atoms. The van der Waals surface area contributed by atoms with Gasteiger partial charge in [-0.3, -0.25) is 4.79 Å². The summed E-state index contributed by atoms with van der Waals surface area (Å²) in [7, 11) is -4.02. The monoisotopic (exact) mass is 431 g/mol. The van der Waals surface area contributed by atoms with Gasteiger partial charge in [0.05, 0.1) is 17.6 Å². The number of nitrogens with one attached hydrogen (secondary N) is 1. The van der Waals surface area contributed by atoms with E-state index in [0.29, 0.717) is 12.1 Å². The molecule has 1 N–H and O–H groups in total. The van der Waals surface area contributed by atoms with Crippen LogP contribution in [0.1, 0.15) is 11.1 Å². The molecule has 0 aliphatic rings. The molecule has 0 atom stereocenters. The first-order valence-electron chi connectivity index (χ1n) is 9.75. The van der Waals surface area contributed by atoms with E-state index in [4.69, 9.17) is 0 Å². The Morgan fingerprint density at radius 1 is 0.871 bits per heavy atom. The number of carbonyl (C=O) groups is 1. The first-order chi connectivity index (χ1) is 15.0. The van der Waals surface area contributed by atoms with E-state index in [0.717, 1.165) is 16.7 Å². The molecule has 3 aromatic carbocycles. The third-order valence-corrected chi connectivity index (χ3v) is 6.25. The molecular formula is C24H21N3O3S. The summed E-state index contributed by atoms with van der Waals surface area (Å²) in [6.07, 6.45) is 5.34. The topological polar surface area (TPSA) is 81.1 Å². The lowest BCUT2D eigenvalue weighted by Gasteiger charge is -2.12. The van der Waals surface area contributed by atoms with Crippen LogP contribution in [-0.2, 0) is 27.8 Å². The maximum absolute atomic E-state index is 13.0. The van der Waals surface area contributed by atoms with Crippen LogP contribution in [0, 0.1) is 0 Å². The average molecular weight is 432 g/mol. The molecule has 0 spiro atoms. The molecule has 0 fully saturated rings. The Morgan fingerprint density at radius 3 is 2.29 bits per heavy atom. The van der Waals surface area contributed by atoms with Crippen LogP contribution in [0.3, 0.4) is 0 Å². The van der Waals surface area contributed by atoms with E-state index in [2.05, 4.69) is 9.71 Å². The molecular weight excluding hydrogens is 410 g/mol. The summed E-state index contributed by atoms with van der Waals surface area (Å²) in [5.74, 6) is -0.573. The van der Waals surface area contributed by atoms with Gasteiger partial charge in [-0.05, 0) is 22.8 Å². The zero-order chi connectivity index (χ0) is 21.7. The molecule has 0 radical (unpaired) electrons. The van der Waals surface area contributed by atoms with Crippen molar-refractivity contribution in [1.82, 2.24) is 14.3 Å². The van der Waals surface area contributed by atoms with E-state index < -0.39 is 15.9 Å². The Kier molecular flexibility index (Phi) is 5.95. The Hall–Kier alpha value is -3.71. The zero-order valence-corrected chi connectivity index (χ0v) is 17.5. The maximum atomic E-state index is 13.0. The minimum Gasteiger partial charge on any atom is -0.333 e. The van der Waals surface area contributed by atoms with E-state index >= 15 is 0 Å². The molecule has 7 heteroatoms. The summed E-state index contributed by atoms with van der Waals surface area (Å²) >= 11 is 0. The molecule has 156 valence electrons. The summed E-state index contributed by atoms with van der Waals surface area (Å²) in [6, 6.07) is 23.4. The van der Waals surface area contributed by atoms with Crippen LogP contribution >= 0.6 is 0 Å².